The highest BCUT2D eigenvalue weighted by atomic mass is 35.5. The van der Waals surface area contributed by atoms with Gasteiger partial charge in [0.25, 0.3) is 5.91 Å². The van der Waals surface area contributed by atoms with E-state index in [9.17, 15) is 9.59 Å². The summed E-state index contributed by atoms with van der Waals surface area (Å²) >= 11 is 11.8. The van der Waals surface area contributed by atoms with Crippen LogP contribution in [0.25, 0.3) is 0 Å². The van der Waals surface area contributed by atoms with Crippen LogP contribution in [0.5, 0.6) is 0 Å². The molecule has 1 aliphatic rings. The zero-order chi connectivity index (χ0) is 15.4. The van der Waals surface area contributed by atoms with Crippen molar-refractivity contribution in [3.8, 4) is 0 Å². The number of carbonyl (C=O) groups is 2. The maximum absolute atomic E-state index is 12.5. The fraction of sp³-hybridized carbons (Fsp3) is 0.467. The molecule has 4 nitrogen and oxygen atoms in total. The second-order valence-corrected chi connectivity index (χ2v) is 5.73. The first kappa shape index (κ1) is 16.1. The van der Waals surface area contributed by atoms with Gasteiger partial charge in [-0.15, -0.1) is 0 Å². The van der Waals surface area contributed by atoms with Gasteiger partial charge in [-0.2, -0.15) is 0 Å². The number of carbonyl (C=O) groups excluding carboxylic acids is 2. The summed E-state index contributed by atoms with van der Waals surface area (Å²) in [4.78, 5) is 25.7. The van der Waals surface area contributed by atoms with Gasteiger partial charge < -0.3 is 9.64 Å². The van der Waals surface area contributed by atoms with Gasteiger partial charge in [-0.3, -0.25) is 9.59 Å². The van der Waals surface area contributed by atoms with E-state index in [2.05, 4.69) is 0 Å². The largest absolute Gasteiger partial charge is 0.466 e. The third-order valence-electron chi connectivity index (χ3n) is 3.28. The molecule has 0 unspecified atom stereocenters. The van der Waals surface area contributed by atoms with Crippen LogP contribution in [0.2, 0.25) is 10.0 Å². The molecule has 0 heterocycles. The highest BCUT2D eigenvalue weighted by Crippen LogP contribution is 2.30. The summed E-state index contributed by atoms with van der Waals surface area (Å²) in [6.07, 6.45) is 2.14. The number of hydrogen-bond donors (Lipinski definition) is 0. The van der Waals surface area contributed by atoms with Crippen molar-refractivity contribution in [1.82, 2.24) is 4.90 Å². The minimum atomic E-state index is -0.287. The van der Waals surface area contributed by atoms with E-state index in [-0.39, 0.29) is 24.3 Å². The number of benzene rings is 1. The smallest absolute Gasteiger partial charge is 0.307 e. The molecule has 1 amide bonds. The number of esters is 1. The summed E-state index contributed by atoms with van der Waals surface area (Å²) in [5.74, 6) is -0.412. The molecule has 0 N–H and O–H groups in total. The van der Waals surface area contributed by atoms with E-state index in [0.717, 1.165) is 12.8 Å². The fourth-order valence-electron chi connectivity index (χ4n) is 2.08. The van der Waals surface area contributed by atoms with Crippen LogP contribution in [0.1, 0.15) is 36.5 Å². The third-order valence-corrected chi connectivity index (χ3v) is 4.02. The molecule has 0 saturated heterocycles. The predicted octanol–water partition coefficient (Wildman–Crippen LogP) is 3.55. The number of ether oxygens (including phenoxy) is 1. The lowest BCUT2D eigenvalue weighted by Crippen LogP contribution is -2.35. The van der Waals surface area contributed by atoms with Crippen LogP contribution >= 0.6 is 23.2 Å². The van der Waals surface area contributed by atoms with Crippen molar-refractivity contribution in [2.45, 2.75) is 32.2 Å². The minimum absolute atomic E-state index is 0.125. The first-order valence-corrected chi connectivity index (χ1v) is 7.70. The summed E-state index contributed by atoms with van der Waals surface area (Å²) < 4.78 is 4.90. The van der Waals surface area contributed by atoms with Crippen LogP contribution < -0.4 is 0 Å². The molecule has 0 spiro atoms. The average molecular weight is 330 g/mol. The van der Waals surface area contributed by atoms with E-state index < -0.39 is 0 Å². The summed E-state index contributed by atoms with van der Waals surface area (Å²) in [6, 6.07) is 5.02. The maximum atomic E-state index is 12.5. The van der Waals surface area contributed by atoms with E-state index in [1.807, 2.05) is 0 Å². The summed E-state index contributed by atoms with van der Waals surface area (Å²) in [5, 5.41) is 0.765. The molecule has 1 aromatic carbocycles. The van der Waals surface area contributed by atoms with Crippen LogP contribution in [-0.4, -0.2) is 36.0 Å². The van der Waals surface area contributed by atoms with E-state index in [4.69, 9.17) is 27.9 Å². The van der Waals surface area contributed by atoms with E-state index >= 15 is 0 Å². The quantitative estimate of drug-likeness (QED) is 0.750. The molecule has 2 rings (SSSR count). The Hall–Kier alpha value is -1.26. The van der Waals surface area contributed by atoms with Crippen molar-refractivity contribution in [1.29, 1.82) is 0 Å². The molecule has 1 aliphatic carbocycles. The lowest BCUT2D eigenvalue weighted by atomic mass is 10.2. The van der Waals surface area contributed by atoms with Gasteiger partial charge in [0.15, 0.2) is 0 Å². The first-order valence-electron chi connectivity index (χ1n) is 6.94. The molecule has 6 heteroatoms. The topological polar surface area (TPSA) is 46.6 Å². The Labute approximate surface area is 134 Å². The summed E-state index contributed by atoms with van der Waals surface area (Å²) in [6.45, 7) is 2.48. The molecule has 1 fully saturated rings. The van der Waals surface area contributed by atoms with Crippen molar-refractivity contribution in [2.24, 2.45) is 0 Å². The molecule has 1 aromatic rings. The molecule has 0 atom stereocenters. The third kappa shape index (κ3) is 4.35. The lowest BCUT2D eigenvalue weighted by molar-refractivity contribution is -0.143. The van der Waals surface area contributed by atoms with Gasteiger partial charge in [0.1, 0.15) is 0 Å². The van der Waals surface area contributed by atoms with Crippen molar-refractivity contribution >= 4 is 35.1 Å². The highest BCUT2D eigenvalue weighted by molar-refractivity contribution is 6.42. The standard InChI is InChI=1S/C15H17Cl2NO3/c1-2-21-14(19)7-8-18(11-4-5-11)15(20)10-3-6-12(16)13(17)9-10/h3,6,9,11H,2,4-5,7-8H2,1H3. The number of nitrogens with zero attached hydrogens (tertiary/aromatic N) is 1. The molecular formula is C15H17Cl2NO3. The molecule has 21 heavy (non-hydrogen) atoms. The molecule has 0 bridgehead atoms. The number of hydrogen-bond acceptors (Lipinski definition) is 3. The number of halogens is 2. The van der Waals surface area contributed by atoms with Gasteiger partial charge in [-0.05, 0) is 38.0 Å². The number of rotatable bonds is 6. The van der Waals surface area contributed by atoms with Crippen molar-refractivity contribution in [3.63, 3.8) is 0 Å². The summed E-state index contributed by atoms with van der Waals surface area (Å²) in [5.41, 5.74) is 0.486. The van der Waals surface area contributed by atoms with Gasteiger partial charge in [0.2, 0.25) is 0 Å². The van der Waals surface area contributed by atoms with E-state index in [1.54, 1.807) is 30.0 Å². The zero-order valence-electron chi connectivity index (χ0n) is 11.8. The fourth-order valence-corrected chi connectivity index (χ4v) is 2.37. The van der Waals surface area contributed by atoms with Crippen LogP contribution in [-0.2, 0) is 9.53 Å². The Kier molecular flexibility index (Phi) is 5.48. The second kappa shape index (κ2) is 7.14. The summed E-state index contributed by atoms with van der Waals surface area (Å²) in [7, 11) is 0. The van der Waals surface area contributed by atoms with E-state index in [0.29, 0.717) is 28.8 Å². The SMILES string of the molecule is CCOC(=O)CCN(C(=O)c1ccc(Cl)c(Cl)c1)C1CC1. The van der Waals surface area contributed by atoms with Crippen LogP contribution in [0, 0.1) is 0 Å². The first-order chi connectivity index (χ1) is 10.0. The monoisotopic (exact) mass is 329 g/mol. The van der Waals surface area contributed by atoms with Crippen LogP contribution in [0.15, 0.2) is 18.2 Å². The highest BCUT2D eigenvalue weighted by Gasteiger charge is 2.33. The van der Waals surface area contributed by atoms with Crippen molar-refractivity contribution in [3.05, 3.63) is 33.8 Å². The van der Waals surface area contributed by atoms with Gasteiger partial charge >= 0.3 is 5.97 Å². The molecule has 1 saturated carbocycles. The Balaban J connectivity index is 2.05. The van der Waals surface area contributed by atoms with Gasteiger partial charge in [0, 0.05) is 18.2 Å². The molecular weight excluding hydrogens is 313 g/mol. The zero-order valence-corrected chi connectivity index (χ0v) is 13.3. The molecule has 0 aliphatic heterocycles. The Morgan fingerprint density at radius 3 is 2.57 bits per heavy atom. The molecule has 0 aromatic heterocycles. The van der Waals surface area contributed by atoms with Crippen molar-refractivity contribution < 1.29 is 14.3 Å². The Morgan fingerprint density at radius 2 is 2.00 bits per heavy atom. The normalized spacial score (nSPS) is 13.9. The minimum Gasteiger partial charge on any atom is -0.466 e. The van der Waals surface area contributed by atoms with Gasteiger partial charge in [-0.1, -0.05) is 23.2 Å². The molecule has 0 radical (unpaired) electrons. The maximum Gasteiger partial charge on any atom is 0.307 e. The molecule has 114 valence electrons. The van der Waals surface area contributed by atoms with Gasteiger partial charge in [-0.25, -0.2) is 0 Å². The van der Waals surface area contributed by atoms with Gasteiger partial charge in [0.05, 0.1) is 23.1 Å². The van der Waals surface area contributed by atoms with Crippen LogP contribution in [0.3, 0.4) is 0 Å². The second-order valence-electron chi connectivity index (χ2n) is 4.91. The van der Waals surface area contributed by atoms with Crippen molar-refractivity contribution in [2.75, 3.05) is 13.2 Å². The van der Waals surface area contributed by atoms with Crippen LogP contribution in [0.4, 0.5) is 0 Å². The van der Waals surface area contributed by atoms with E-state index in [1.165, 1.54) is 0 Å². The lowest BCUT2D eigenvalue weighted by Gasteiger charge is -2.22. The Morgan fingerprint density at radius 1 is 1.29 bits per heavy atom. The Bertz CT molecular complexity index is 544. The number of amides is 1. The average Bonchev–Trinajstić information content (AvgIpc) is 3.27. The predicted molar refractivity (Wildman–Crippen MR) is 81.8 cm³/mol.